The molecule has 11 heteroatoms. The van der Waals surface area contributed by atoms with Gasteiger partial charge in [-0.25, -0.2) is 22.8 Å². The molecule has 0 radical (unpaired) electrons. The molecule has 0 aliphatic carbocycles. The summed E-state index contributed by atoms with van der Waals surface area (Å²) in [6.45, 7) is 3.99. The second-order valence-corrected chi connectivity index (χ2v) is 7.61. The van der Waals surface area contributed by atoms with Gasteiger partial charge in [0.1, 0.15) is 6.61 Å². The maximum Gasteiger partial charge on any atom is 0.329 e. The minimum Gasteiger partial charge on any atom is -0.480 e. The lowest BCUT2D eigenvalue weighted by molar-refractivity contribution is -0.140. The number of para-hydroxylation sites is 2. The summed E-state index contributed by atoms with van der Waals surface area (Å²) >= 11 is 0. The van der Waals surface area contributed by atoms with Gasteiger partial charge in [-0.05, 0) is 19.1 Å². The minimum atomic E-state index is -1.19. The number of carboxylic acids is 1. The van der Waals surface area contributed by atoms with Gasteiger partial charge in [-0.1, -0.05) is 12.1 Å². The van der Waals surface area contributed by atoms with E-state index < -0.39 is 30.0 Å². The van der Waals surface area contributed by atoms with Gasteiger partial charge in [0.25, 0.3) is 0 Å². The van der Waals surface area contributed by atoms with Gasteiger partial charge in [0.15, 0.2) is 17.5 Å². The molecule has 0 atom stereocenters. The number of rotatable bonds is 5. The molecule has 0 saturated carbocycles. The van der Waals surface area contributed by atoms with Crippen molar-refractivity contribution in [2.75, 3.05) is 44.2 Å². The number of carbonyl (C=O) groups is 1. The number of aromatic nitrogens is 2. The molecular formula is C22H25F3N4O4. The highest BCUT2D eigenvalue weighted by atomic mass is 19.2. The number of imidazole rings is 1. The third-order valence-electron chi connectivity index (χ3n) is 5.53. The third kappa shape index (κ3) is 5.55. The molecule has 8 nitrogen and oxygen atoms in total. The fourth-order valence-corrected chi connectivity index (χ4v) is 3.73. The highest BCUT2D eigenvalue weighted by Crippen LogP contribution is 2.27. The number of hydrogen-bond acceptors (Lipinski definition) is 5. The van der Waals surface area contributed by atoms with Crippen LogP contribution in [0.2, 0.25) is 0 Å². The molecule has 1 aliphatic heterocycles. The number of nitrogens with one attached hydrogen (secondary N) is 1. The molecule has 33 heavy (non-hydrogen) atoms. The quantitative estimate of drug-likeness (QED) is 0.497. The van der Waals surface area contributed by atoms with Crippen molar-refractivity contribution in [3.63, 3.8) is 0 Å². The van der Waals surface area contributed by atoms with Crippen molar-refractivity contribution < 1.29 is 28.2 Å². The average Bonchev–Trinajstić information content (AvgIpc) is 3.14. The van der Waals surface area contributed by atoms with Crippen molar-refractivity contribution in [3.05, 3.63) is 63.8 Å². The Labute approximate surface area is 187 Å². The fraction of sp³-hybridized carbons (Fsp3) is 0.364. The number of aromatic amines is 1. The highest BCUT2D eigenvalue weighted by Gasteiger charge is 2.23. The maximum absolute atomic E-state index is 14.3. The molecule has 1 aliphatic rings. The Morgan fingerprint density at radius 3 is 2.33 bits per heavy atom. The van der Waals surface area contributed by atoms with E-state index in [9.17, 15) is 18.0 Å². The van der Waals surface area contributed by atoms with Crippen LogP contribution in [0.3, 0.4) is 0 Å². The normalized spacial score (nSPS) is 14.3. The van der Waals surface area contributed by atoms with Crippen LogP contribution in [0.4, 0.5) is 18.9 Å². The third-order valence-corrected chi connectivity index (χ3v) is 5.53. The van der Waals surface area contributed by atoms with Gasteiger partial charge in [0.05, 0.1) is 16.7 Å². The summed E-state index contributed by atoms with van der Waals surface area (Å²) in [6, 6.07) is 8.47. The van der Waals surface area contributed by atoms with Gasteiger partial charge >= 0.3 is 11.7 Å². The average molecular weight is 466 g/mol. The van der Waals surface area contributed by atoms with Gasteiger partial charge < -0.3 is 20.1 Å². The SMILES string of the molecule is Cc1c(F)c(F)cc(N2CCN(CCn3c(=O)[nH]c4ccccc43)CC2)c1F.O=C(O)CO. The molecule has 0 amide bonds. The molecule has 178 valence electrons. The van der Waals surface area contributed by atoms with Crippen molar-refractivity contribution in [2.24, 2.45) is 0 Å². The van der Waals surface area contributed by atoms with Crippen molar-refractivity contribution in [3.8, 4) is 0 Å². The first-order chi connectivity index (χ1) is 15.7. The Morgan fingerprint density at radius 2 is 1.70 bits per heavy atom. The van der Waals surface area contributed by atoms with Crippen LogP contribution in [0.1, 0.15) is 5.56 Å². The monoisotopic (exact) mass is 466 g/mol. The second kappa shape index (κ2) is 10.5. The number of fused-ring (bicyclic) bond motifs is 1. The van der Waals surface area contributed by atoms with Crippen LogP contribution in [0.15, 0.2) is 35.1 Å². The van der Waals surface area contributed by atoms with Crippen LogP contribution < -0.4 is 10.6 Å². The van der Waals surface area contributed by atoms with Gasteiger partial charge in [-0.2, -0.15) is 0 Å². The number of carboxylic acid groups (broad SMARTS) is 1. The van der Waals surface area contributed by atoms with Crippen molar-refractivity contribution in [2.45, 2.75) is 13.5 Å². The standard InChI is InChI=1S/C20H21F3N4O.C2H4O3/c1-13-18(22)14(21)12-17(19(13)23)26-9-6-25(7-10-26)8-11-27-16-5-3-2-4-15(16)24-20(27)28;3-1-2(4)5/h2-5,12H,6-11H2,1H3,(H,24,28);3H,1H2,(H,4,5). The molecule has 1 fully saturated rings. The van der Waals surface area contributed by atoms with E-state index in [-0.39, 0.29) is 16.9 Å². The summed E-state index contributed by atoms with van der Waals surface area (Å²) < 4.78 is 43.2. The summed E-state index contributed by atoms with van der Waals surface area (Å²) in [5, 5.41) is 15.0. The van der Waals surface area contributed by atoms with Crippen LogP contribution >= 0.6 is 0 Å². The summed E-state index contributed by atoms with van der Waals surface area (Å²) in [5.41, 5.74) is 1.34. The Kier molecular flexibility index (Phi) is 7.77. The molecule has 1 aromatic heterocycles. The molecule has 3 aromatic rings. The summed E-state index contributed by atoms with van der Waals surface area (Å²) in [7, 11) is 0. The van der Waals surface area contributed by atoms with Crippen LogP contribution in [0, 0.1) is 24.4 Å². The molecule has 2 heterocycles. The number of aliphatic hydroxyl groups excluding tert-OH is 1. The molecule has 1 saturated heterocycles. The number of halogens is 3. The number of H-pyrrole nitrogens is 1. The zero-order chi connectivity index (χ0) is 24.1. The van der Waals surface area contributed by atoms with E-state index in [0.717, 1.165) is 17.1 Å². The number of hydrogen-bond donors (Lipinski definition) is 3. The lowest BCUT2D eigenvalue weighted by Gasteiger charge is -2.36. The van der Waals surface area contributed by atoms with Gasteiger partial charge in [0, 0.05) is 50.9 Å². The summed E-state index contributed by atoms with van der Waals surface area (Å²) in [4.78, 5) is 28.0. The molecule has 3 N–H and O–H groups in total. The molecule has 0 spiro atoms. The number of piperazine rings is 1. The molecule has 4 rings (SSSR count). The van der Waals surface area contributed by atoms with E-state index in [1.54, 1.807) is 9.47 Å². The minimum absolute atomic E-state index is 0.101. The van der Waals surface area contributed by atoms with Crippen LogP contribution in [-0.4, -0.2) is 70.0 Å². The van der Waals surface area contributed by atoms with Crippen LogP contribution in [-0.2, 0) is 11.3 Å². The van der Waals surface area contributed by atoms with Crippen molar-refractivity contribution in [1.82, 2.24) is 14.5 Å². The van der Waals surface area contributed by atoms with Crippen LogP contribution in [0.25, 0.3) is 11.0 Å². The van der Waals surface area contributed by atoms with Crippen LogP contribution in [0.5, 0.6) is 0 Å². The highest BCUT2D eigenvalue weighted by molar-refractivity contribution is 5.74. The smallest absolute Gasteiger partial charge is 0.329 e. The number of anilines is 1. The lowest BCUT2D eigenvalue weighted by atomic mass is 10.1. The zero-order valence-electron chi connectivity index (χ0n) is 18.0. The van der Waals surface area contributed by atoms with E-state index in [4.69, 9.17) is 15.0 Å². The van der Waals surface area contributed by atoms with Crippen molar-refractivity contribution >= 4 is 22.7 Å². The summed E-state index contributed by atoms with van der Waals surface area (Å²) in [5.74, 6) is -4.07. The molecule has 0 unspecified atom stereocenters. The Morgan fingerprint density at radius 1 is 1.06 bits per heavy atom. The number of aliphatic carboxylic acids is 1. The summed E-state index contributed by atoms with van der Waals surface area (Å²) in [6.07, 6.45) is 0. The molecular weight excluding hydrogens is 441 g/mol. The molecule has 0 bridgehead atoms. The Bertz CT molecular complexity index is 1190. The van der Waals surface area contributed by atoms with E-state index in [1.807, 2.05) is 24.3 Å². The Hall–Kier alpha value is -3.31. The van der Waals surface area contributed by atoms with Gasteiger partial charge in [0.2, 0.25) is 0 Å². The predicted molar refractivity (Wildman–Crippen MR) is 117 cm³/mol. The van der Waals surface area contributed by atoms with Gasteiger partial charge in [-0.3, -0.25) is 9.47 Å². The largest absolute Gasteiger partial charge is 0.480 e. The zero-order valence-corrected chi connectivity index (χ0v) is 18.0. The second-order valence-electron chi connectivity index (χ2n) is 7.61. The lowest BCUT2D eigenvalue weighted by Crippen LogP contribution is -2.47. The number of nitrogens with zero attached hydrogens (tertiary/aromatic N) is 3. The maximum atomic E-state index is 14.3. The first-order valence-electron chi connectivity index (χ1n) is 10.3. The van der Waals surface area contributed by atoms with Crippen molar-refractivity contribution in [1.29, 1.82) is 0 Å². The van der Waals surface area contributed by atoms with Gasteiger partial charge in [-0.15, -0.1) is 0 Å². The first-order valence-corrected chi connectivity index (χ1v) is 10.3. The first kappa shape index (κ1) is 24.3. The van der Waals surface area contributed by atoms with E-state index >= 15 is 0 Å². The predicted octanol–water partition coefficient (Wildman–Crippen LogP) is 1.94. The Balaban J connectivity index is 0.000000555. The fourth-order valence-electron chi connectivity index (χ4n) is 3.73. The number of aliphatic hydroxyl groups is 1. The number of benzene rings is 2. The van der Waals surface area contributed by atoms with E-state index in [1.165, 1.54) is 6.92 Å². The van der Waals surface area contributed by atoms with E-state index in [0.29, 0.717) is 39.3 Å². The topological polar surface area (TPSA) is 102 Å². The molecule has 2 aromatic carbocycles. The van der Waals surface area contributed by atoms with E-state index in [2.05, 4.69) is 9.88 Å².